The van der Waals surface area contributed by atoms with Crippen molar-refractivity contribution in [3.63, 3.8) is 0 Å². The monoisotopic (exact) mass is 388 g/mol. The zero-order chi connectivity index (χ0) is 20.3. The summed E-state index contributed by atoms with van der Waals surface area (Å²) in [6.45, 7) is 5.26. The molecule has 154 valence electrons. The first-order valence-electron chi connectivity index (χ1n) is 11.6. The summed E-state index contributed by atoms with van der Waals surface area (Å²) in [6, 6.07) is 22.3. The second kappa shape index (κ2) is 11.7. The van der Waals surface area contributed by atoms with Crippen LogP contribution in [0.4, 0.5) is 0 Å². The fraction of sp³-hybridized carbons (Fsp3) is 0.429. The van der Waals surface area contributed by atoms with Gasteiger partial charge in [-0.2, -0.15) is 0 Å². The normalized spacial score (nSPS) is 11.1. The highest BCUT2D eigenvalue weighted by Crippen LogP contribution is 2.28. The molecule has 0 aromatic heterocycles. The van der Waals surface area contributed by atoms with Crippen LogP contribution in [0.2, 0.25) is 0 Å². The van der Waals surface area contributed by atoms with Crippen molar-refractivity contribution in [3.05, 3.63) is 66.2 Å². The summed E-state index contributed by atoms with van der Waals surface area (Å²) in [5.41, 5.74) is 4.07. The van der Waals surface area contributed by atoms with Crippen LogP contribution < -0.4 is 4.74 Å². The molecular weight excluding hydrogens is 352 g/mol. The van der Waals surface area contributed by atoms with Gasteiger partial charge in [0.1, 0.15) is 5.75 Å². The Bertz CT molecular complexity index is 880. The third-order valence-corrected chi connectivity index (χ3v) is 5.66. The van der Waals surface area contributed by atoms with Crippen molar-refractivity contribution in [2.24, 2.45) is 0 Å². The van der Waals surface area contributed by atoms with Crippen LogP contribution in [-0.2, 0) is 6.42 Å². The molecule has 1 heteroatoms. The summed E-state index contributed by atoms with van der Waals surface area (Å²) >= 11 is 0. The second-order valence-electron chi connectivity index (χ2n) is 8.14. The van der Waals surface area contributed by atoms with Gasteiger partial charge in [-0.25, -0.2) is 0 Å². The Kier molecular flexibility index (Phi) is 8.61. The molecule has 0 aliphatic carbocycles. The first kappa shape index (κ1) is 21.4. The van der Waals surface area contributed by atoms with E-state index in [1.807, 2.05) is 0 Å². The van der Waals surface area contributed by atoms with Crippen LogP contribution in [-0.4, -0.2) is 6.61 Å². The zero-order valence-electron chi connectivity index (χ0n) is 18.3. The van der Waals surface area contributed by atoms with Gasteiger partial charge in [0.05, 0.1) is 6.61 Å². The van der Waals surface area contributed by atoms with E-state index in [-0.39, 0.29) is 0 Å². The van der Waals surface area contributed by atoms with Gasteiger partial charge in [-0.1, -0.05) is 94.8 Å². The van der Waals surface area contributed by atoms with Crippen molar-refractivity contribution in [2.45, 2.75) is 71.6 Å². The van der Waals surface area contributed by atoms with Crippen LogP contribution in [0, 0.1) is 0 Å². The van der Waals surface area contributed by atoms with E-state index in [9.17, 15) is 0 Å². The molecular formula is C28H36O. The fourth-order valence-electron chi connectivity index (χ4n) is 3.84. The quantitative estimate of drug-likeness (QED) is 0.282. The SMILES string of the molecule is CCCCCCCCc1cccc(-c2ccc3cc(OCCCC)ccc3c2)c1. The Morgan fingerprint density at radius 2 is 1.34 bits per heavy atom. The van der Waals surface area contributed by atoms with Gasteiger partial charge in [0.15, 0.2) is 0 Å². The van der Waals surface area contributed by atoms with Crippen molar-refractivity contribution in [1.82, 2.24) is 0 Å². The Labute approximate surface area is 177 Å². The van der Waals surface area contributed by atoms with E-state index in [1.165, 1.54) is 72.4 Å². The van der Waals surface area contributed by atoms with Crippen molar-refractivity contribution in [1.29, 1.82) is 0 Å². The fourth-order valence-corrected chi connectivity index (χ4v) is 3.84. The number of fused-ring (bicyclic) bond motifs is 1. The molecule has 0 heterocycles. The van der Waals surface area contributed by atoms with E-state index in [0.717, 1.165) is 25.2 Å². The number of benzene rings is 3. The first-order valence-corrected chi connectivity index (χ1v) is 11.6. The van der Waals surface area contributed by atoms with Gasteiger partial charge in [0.25, 0.3) is 0 Å². The highest BCUT2D eigenvalue weighted by atomic mass is 16.5. The predicted octanol–water partition coefficient (Wildman–Crippen LogP) is 8.59. The summed E-state index contributed by atoms with van der Waals surface area (Å²) in [4.78, 5) is 0. The Morgan fingerprint density at radius 3 is 2.21 bits per heavy atom. The number of rotatable bonds is 12. The van der Waals surface area contributed by atoms with Crippen LogP contribution >= 0.6 is 0 Å². The molecule has 0 saturated carbocycles. The average Bonchev–Trinajstić information content (AvgIpc) is 2.76. The Balaban J connectivity index is 1.64. The maximum atomic E-state index is 5.85. The van der Waals surface area contributed by atoms with Gasteiger partial charge >= 0.3 is 0 Å². The number of unbranched alkanes of at least 4 members (excludes halogenated alkanes) is 6. The molecule has 0 amide bonds. The molecule has 3 aromatic rings. The first-order chi connectivity index (χ1) is 14.3. The summed E-state index contributed by atoms with van der Waals surface area (Å²) in [7, 11) is 0. The molecule has 0 spiro atoms. The average molecular weight is 389 g/mol. The molecule has 3 rings (SSSR count). The lowest BCUT2D eigenvalue weighted by molar-refractivity contribution is 0.310. The Hall–Kier alpha value is -2.28. The van der Waals surface area contributed by atoms with Crippen molar-refractivity contribution in [2.75, 3.05) is 6.61 Å². The summed E-state index contributed by atoms with van der Waals surface area (Å²) in [5.74, 6) is 0.972. The minimum absolute atomic E-state index is 0.797. The molecule has 0 aliphatic rings. The second-order valence-corrected chi connectivity index (χ2v) is 8.14. The van der Waals surface area contributed by atoms with E-state index in [1.54, 1.807) is 0 Å². The lowest BCUT2D eigenvalue weighted by atomic mass is 9.97. The molecule has 0 unspecified atom stereocenters. The van der Waals surface area contributed by atoms with E-state index in [0.29, 0.717) is 0 Å². The largest absolute Gasteiger partial charge is 0.494 e. The molecule has 0 bridgehead atoms. The van der Waals surface area contributed by atoms with Gasteiger partial charge in [0, 0.05) is 0 Å². The predicted molar refractivity (Wildman–Crippen MR) is 127 cm³/mol. The summed E-state index contributed by atoms with van der Waals surface area (Å²) < 4.78 is 5.85. The number of ether oxygens (including phenoxy) is 1. The van der Waals surface area contributed by atoms with Crippen LogP contribution in [0.1, 0.15) is 70.8 Å². The van der Waals surface area contributed by atoms with E-state index in [4.69, 9.17) is 4.74 Å². The number of hydrogen-bond acceptors (Lipinski definition) is 1. The molecule has 0 fully saturated rings. The Morgan fingerprint density at radius 1 is 0.621 bits per heavy atom. The highest BCUT2D eigenvalue weighted by molar-refractivity contribution is 5.88. The molecule has 3 aromatic carbocycles. The molecule has 29 heavy (non-hydrogen) atoms. The topological polar surface area (TPSA) is 9.23 Å². The minimum atomic E-state index is 0.797. The smallest absolute Gasteiger partial charge is 0.119 e. The van der Waals surface area contributed by atoms with Gasteiger partial charge in [-0.3, -0.25) is 0 Å². The molecule has 0 saturated heterocycles. The van der Waals surface area contributed by atoms with E-state index in [2.05, 4.69) is 74.5 Å². The van der Waals surface area contributed by atoms with E-state index >= 15 is 0 Å². The van der Waals surface area contributed by atoms with Crippen molar-refractivity contribution >= 4 is 10.8 Å². The molecule has 0 aliphatic heterocycles. The maximum absolute atomic E-state index is 5.85. The van der Waals surface area contributed by atoms with Crippen molar-refractivity contribution < 1.29 is 4.74 Å². The lowest BCUT2D eigenvalue weighted by Crippen LogP contribution is -1.96. The molecule has 1 nitrogen and oxygen atoms in total. The number of aryl methyl sites for hydroxylation is 1. The van der Waals surface area contributed by atoms with Gasteiger partial charge in [-0.05, 0) is 64.9 Å². The van der Waals surface area contributed by atoms with Gasteiger partial charge in [0.2, 0.25) is 0 Å². The standard InChI is InChI=1S/C28H36O/c1-3-5-7-8-9-10-12-23-13-11-14-24(20-23)25-15-16-27-22-28(29-19-6-4-2)18-17-26(27)21-25/h11,13-18,20-22H,3-10,12,19H2,1-2H3. The number of hydrogen-bond donors (Lipinski definition) is 0. The summed E-state index contributed by atoms with van der Waals surface area (Å²) in [6.07, 6.45) is 11.6. The molecule has 0 radical (unpaired) electrons. The van der Waals surface area contributed by atoms with Crippen LogP contribution in [0.3, 0.4) is 0 Å². The third kappa shape index (κ3) is 6.63. The molecule has 0 N–H and O–H groups in total. The summed E-state index contributed by atoms with van der Waals surface area (Å²) in [5, 5.41) is 2.51. The van der Waals surface area contributed by atoms with Crippen molar-refractivity contribution in [3.8, 4) is 16.9 Å². The lowest BCUT2D eigenvalue weighted by Gasteiger charge is -2.09. The van der Waals surface area contributed by atoms with E-state index < -0.39 is 0 Å². The van der Waals surface area contributed by atoms with Gasteiger partial charge < -0.3 is 4.74 Å². The van der Waals surface area contributed by atoms with Gasteiger partial charge in [-0.15, -0.1) is 0 Å². The maximum Gasteiger partial charge on any atom is 0.119 e. The highest BCUT2D eigenvalue weighted by Gasteiger charge is 2.03. The van der Waals surface area contributed by atoms with Crippen LogP contribution in [0.5, 0.6) is 5.75 Å². The zero-order valence-corrected chi connectivity index (χ0v) is 18.3. The van der Waals surface area contributed by atoms with Crippen LogP contribution in [0.25, 0.3) is 21.9 Å². The minimum Gasteiger partial charge on any atom is -0.494 e. The third-order valence-electron chi connectivity index (χ3n) is 5.66. The molecule has 0 atom stereocenters. The van der Waals surface area contributed by atoms with Crippen LogP contribution in [0.15, 0.2) is 60.7 Å².